The predicted octanol–water partition coefficient (Wildman–Crippen LogP) is 2.96. The Labute approximate surface area is 139 Å². The summed E-state index contributed by atoms with van der Waals surface area (Å²) in [6, 6.07) is 9.95. The van der Waals surface area contributed by atoms with Gasteiger partial charge in [-0.2, -0.15) is 0 Å². The van der Waals surface area contributed by atoms with Crippen LogP contribution in [0.1, 0.15) is 51.0 Å². The molecule has 23 heavy (non-hydrogen) atoms. The number of carbonyl (C=O) groups excluding carboxylic acids is 1. The summed E-state index contributed by atoms with van der Waals surface area (Å²) in [5.74, 6) is 0.496. The molecule has 2 fully saturated rings. The minimum atomic E-state index is 0.0893. The molecule has 2 atom stereocenters. The molecular formula is C19H29N3O. The van der Waals surface area contributed by atoms with Crippen LogP contribution in [0.15, 0.2) is 24.3 Å². The van der Waals surface area contributed by atoms with Crippen LogP contribution in [0.4, 0.5) is 5.69 Å². The van der Waals surface area contributed by atoms with Crippen LogP contribution in [0.3, 0.4) is 0 Å². The van der Waals surface area contributed by atoms with Crippen LogP contribution in [0.2, 0.25) is 0 Å². The van der Waals surface area contributed by atoms with E-state index in [1.54, 1.807) is 0 Å². The summed E-state index contributed by atoms with van der Waals surface area (Å²) in [5, 5.41) is 6.76. The second-order valence-corrected chi connectivity index (χ2v) is 7.47. The second-order valence-electron chi connectivity index (χ2n) is 7.47. The summed E-state index contributed by atoms with van der Waals surface area (Å²) in [6.07, 6.45) is 4.93. The van der Waals surface area contributed by atoms with Crippen molar-refractivity contribution in [3.8, 4) is 0 Å². The van der Waals surface area contributed by atoms with Crippen LogP contribution in [-0.4, -0.2) is 42.5 Å². The molecule has 0 saturated carbocycles. The fourth-order valence-electron chi connectivity index (χ4n) is 4.05. The Morgan fingerprint density at radius 3 is 2.57 bits per heavy atom. The molecule has 0 spiro atoms. The average molecular weight is 315 g/mol. The predicted molar refractivity (Wildman–Crippen MR) is 94.8 cm³/mol. The minimum Gasteiger partial charge on any atom is -0.325 e. The average Bonchev–Trinajstić information content (AvgIpc) is 2.85. The lowest BCUT2D eigenvalue weighted by molar-refractivity contribution is -0.117. The standard InChI is InChI=1S/C19H29N3O/c1-13(2)17-6-4-5-7-18(17)21-19(23)12-22(3)16-10-14-8-9-15(11-16)20-14/h4-7,13-16,20H,8-12H2,1-3H3,(H,21,23). The van der Waals surface area contributed by atoms with E-state index in [4.69, 9.17) is 0 Å². The van der Waals surface area contributed by atoms with Gasteiger partial charge in [0.05, 0.1) is 6.54 Å². The molecule has 1 aromatic rings. The van der Waals surface area contributed by atoms with Crippen molar-refractivity contribution in [1.29, 1.82) is 0 Å². The molecule has 0 aliphatic carbocycles. The molecule has 3 rings (SSSR count). The number of amides is 1. The number of rotatable bonds is 5. The molecule has 0 aromatic heterocycles. The zero-order valence-electron chi connectivity index (χ0n) is 14.5. The van der Waals surface area contributed by atoms with Crippen molar-refractivity contribution >= 4 is 11.6 Å². The molecule has 1 amide bonds. The molecule has 4 heteroatoms. The van der Waals surface area contributed by atoms with E-state index in [0.29, 0.717) is 30.6 Å². The van der Waals surface area contributed by atoms with Gasteiger partial charge in [-0.25, -0.2) is 0 Å². The molecule has 2 aliphatic rings. The second kappa shape index (κ2) is 7.02. The van der Waals surface area contributed by atoms with Gasteiger partial charge >= 0.3 is 0 Å². The summed E-state index contributed by atoms with van der Waals surface area (Å²) >= 11 is 0. The maximum Gasteiger partial charge on any atom is 0.238 e. The van der Waals surface area contributed by atoms with Crippen molar-refractivity contribution in [2.45, 2.75) is 63.6 Å². The van der Waals surface area contributed by atoms with Gasteiger partial charge < -0.3 is 10.6 Å². The van der Waals surface area contributed by atoms with Crippen molar-refractivity contribution in [3.05, 3.63) is 29.8 Å². The van der Waals surface area contributed by atoms with Crippen LogP contribution >= 0.6 is 0 Å². The first-order valence-electron chi connectivity index (χ1n) is 8.88. The zero-order valence-corrected chi connectivity index (χ0v) is 14.5. The van der Waals surface area contributed by atoms with Gasteiger partial charge in [-0.3, -0.25) is 9.69 Å². The van der Waals surface area contributed by atoms with E-state index in [9.17, 15) is 4.79 Å². The molecular weight excluding hydrogens is 286 g/mol. The van der Waals surface area contributed by atoms with Gasteiger partial charge in [0.2, 0.25) is 5.91 Å². The van der Waals surface area contributed by atoms with Gasteiger partial charge in [-0.15, -0.1) is 0 Å². The van der Waals surface area contributed by atoms with Crippen LogP contribution in [0, 0.1) is 0 Å². The summed E-state index contributed by atoms with van der Waals surface area (Å²) in [6.45, 7) is 4.78. The van der Waals surface area contributed by atoms with E-state index in [0.717, 1.165) is 5.69 Å². The van der Waals surface area contributed by atoms with Crippen molar-refractivity contribution in [2.24, 2.45) is 0 Å². The summed E-state index contributed by atoms with van der Waals surface area (Å²) < 4.78 is 0. The lowest BCUT2D eigenvalue weighted by Crippen LogP contribution is -2.48. The number of fused-ring (bicyclic) bond motifs is 2. The van der Waals surface area contributed by atoms with Crippen LogP contribution < -0.4 is 10.6 Å². The molecule has 2 N–H and O–H groups in total. The minimum absolute atomic E-state index is 0.0893. The highest BCUT2D eigenvalue weighted by molar-refractivity contribution is 5.93. The molecule has 2 heterocycles. The Bertz CT molecular complexity index is 545. The SMILES string of the molecule is CC(C)c1ccccc1NC(=O)CN(C)C1CC2CCC(C1)N2. The van der Waals surface area contributed by atoms with Crippen molar-refractivity contribution in [1.82, 2.24) is 10.2 Å². The number of para-hydroxylation sites is 1. The van der Waals surface area contributed by atoms with Gasteiger partial charge in [0.25, 0.3) is 0 Å². The van der Waals surface area contributed by atoms with E-state index in [1.807, 2.05) is 18.2 Å². The molecule has 0 radical (unpaired) electrons. The normalized spacial score (nSPS) is 26.7. The van der Waals surface area contributed by atoms with Gasteiger partial charge in [0.1, 0.15) is 0 Å². The monoisotopic (exact) mass is 315 g/mol. The molecule has 2 saturated heterocycles. The van der Waals surface area contributed by atoms with E-state index in [2.05, 4.69) is 42.5 Å². The smallest absolute Gasteiger partial charge is 0.238 e. The van der Waals surface area contributed by atoms with Crippen molar-refractivity contribution in [2.75, 3.05) is 18.9 Å². The van der Waals surface area contributed by atoms with Crippen molar-refractivity contribution < 1.29 is 4.79 Å². The first-order chi connectivity index (χ1) is 11.0. The van der Waals surface area contributed by atoms with E-state index in [1.165, 1.54) is 31.2 Å². The topological polar surface area (TPSA) is 44.4 Å². The first-order valence-corrected chi connectivity index (χ1v) is 8.88. The number of likely N-dealkylation sites (N-methyl/N-ethyl adjacent to an activating group) is 1. The van der Waals surface area contributed by atoms with E-state index < -0.39 is 0 Å². The number of nitrogens with one attached hydrogen (secondary N) is 2. The number of benzene rings is 1. The maximum absolute atomic E-state index is 12.5. The zero-order chi connectivity index (χ0) is 16.4. The molecule has 1 aromatic carbocycles. The number of carbonyl (C=O) groups is 1. The highest BCUT2D eigenvalue weighted by Crippen LogP contribution is 2.29. The first kappa shape index (κ1) is 16.5. The summed E-state index contributed by atoms with van der Waals surface area (Å²) in [7, 11) is 2.09. The Hall–Kier alpha value is -1.39. The third-order valence-electron chi connectivity index (χ3n) is 5.32. The highest BCUT2D eigenvalue weighted by atomic mass is 16.2. The van der Waals surface area contributed by atoms with Crippen LogP contribution in [0.5, 0.6) is 0 Å². The Balaban J connectivity index is 1.57. The Morgan fingerprint density at radius 2 is 1.91 bits per heavy atom. The number of piperidine rings is 1. The fraction of sp³-hybridized carbons (Fsp3) is 0.632. The largest absolute Gasteiger partial charge is 0.325 e. The molecule has 2 unspecified atom stereocenters. The summed E-state index contributed by atoms with van der Waals surface area (Å²) in [4.78, 5) is 14.7. The third-order valence-corrected chi connectivity index (χ3v) is 5.32. The number of hydrogen-bond acceptors (Lipinski definition) is 3. The van der Waals surface area contributed by atoms with E-state index in [-0.39, 0.29) is 5.91 Å². The highest BCUT2D eigenvalue weighted by Gasteiger charge is 2.35. The van der Waals surface area contributed by atoms with Gasteiger partial charge in [-0.1, -0.05) is 32.0 Å². The lowest BCUT2D eigenvalue weighted by atomic mass is 9.98. The fourth-order valence-corrected chi connectivity index (χ4v) is 4.05. The number of anilines is 1. The van der Waals surface area contributed by atoms with Gasteiger partial charge in [0.15, 0.2) is 0 Å². The lowest BCUT2D eigenvalue weighted by Gasteiger charge is -2.35. The number of nitrogens with zero attached hydrogens (tertiary/aromatic N) is 1. The Morgan fingerprint density at radius 1 is 1.26 bits per heavy atom. The van der Waals surface area contributed by atoms with Gasteiger partial charge in [-0.05, 0) is 50.3 Å². The maximum atomic E-state index is 12.5. The Kier molecular flexibility index (Phi) is 5.02. The molecule has 126 valence electrons. The van der Waals surface area contributed by atoms with E-state index >= 15 is 0 Å². The van der Waals surface area contributed by atoms with Crippen LogP contribution in [0.25, 0.3) is 0 Å². The number of hydrogen-bond donors (Lipinski definition) is 2. The molecule has 2 bridgehead atoms. The quantitative estimate of drug-likeness (QED) is 0.878. The third kappa shape index (κ3) is 3.93. The van der Waals surface area contributed by atoms with Crippen molar-refractivity contribution in [3.63, 3.8) is 0 Å². The van der Waals surface area contributed by atoms with Gasteiger partial charge in [0, 0.05) is 23.8 Å². The summed E-state index contributed by atoms with van der Waals surface area (Å²) in [5.41, 5.74) is 2.15. The molecule has 2 aliphatic heterocycles. The van der Waals surface area contributed by atoms with Crippen LogP contribution in [-0.2, 0) is 4.79 Å². The molecule has 4 nitrogen and oxygen atoms in total.